The van der Waals surface area contributed by atoms with Crippen molar-refractivity contribution >= 4 is 46.0 Å². The van der Waals surface area contributed by atoms with E-state index in [1.807, 2.05) is 30.4 Å². The number of hydrogen-bond donors (Lipinski definition) is 4. The Morgan fingerprint density at radius 3 is 2.71 bits per heavy atom. The van der Waals surface area contributed by atoms with Crippen LogP contribution in [0.1, 0.15) is 27.7 Å². The number of benzene rings is 2. The summed E-state index contributed by atoms with van der Waals surface area (Å²) in [5, 5.41) is 18.3. The fourth-order valence-electron chi connectivity index (χ4n) is 3.65. The number of carbonyl (C=O) groups is 1. The first-order valence-electron chi connectivity index (χ1n) is 10.5. The van der Waals surface area contributed by atoms with Crippen molar-refractivity contribution in [2.24, 2.45) is 7.05 Å². The number of fused-ring (bicyclic) bond motifs is 1. The van der Waals surface area contributed by atoms with Gasteiger partial charge < -0.3 is 15.6 Å². The summed E-state index contributed by atoms with van der Waals surface area (Å²) in [5.74, 6) is -0.227. The summed E-state index contributed by atoms with van der Waals surface area (Å²) in [5.41, 5.74) is 4.15. The number of rotatable bonds is 6. The van der Waals surface area contributed by atoms with Crippen LogP contribution < -0.4 is 10.6 Å². The Balaban J connectivity index is 1.34. The van der Waals surface area contributed by atoms with Crippen LogP contribution in [0.15, 0.2) is 54.9 Å². The molecule has 0 aliphatic rings. The molecule has 10 heteroatoms. The van der Waals surface area contributed by atoms with Crippen molar-refractivity contribution < 1.29 is 9.18 Å². The van der Waals surface area contributed by atoms with E-state index in [0.717, 1.165) is 28.1 Å². The number of carbonyl (C=O) groups excluding carboxylic acids is 1. The zero-order valence-electron chi connectivity index (χ0n) is 18.4. The van der Waals surface area contributed by atoms with E-state index in [-0.39, 0.29) is 5.69 Å². The Morgan fingerprint density at radius 2 is 1.94 bits per heavy atom. The van der Waals surface area contributed by atoms with Gasteiger partial charge in [0.15, 0.2) is 0 Å². The number of halogens is 1. The van der Waals surface area contributed by atoms with E-state index in [0.29, 0.717) is 17.1 Å². The van der Waals surface area contributed by atoms with E-state index >= 15 is 0 Å². The van der Waals surface area contributed by atoms with E-state index in [1.165, 1.54) is 10.7 Å². The predicted octanol–water partition coefficient (Wildman–Crippen LogP) is 4.63. The number of aromatic amines is 2. The average molecular weight is 456 g/mol. The third-order valence-corrected chi connectivity index (χ3v) is 5.25. The van der Waals surface area contributed by atoms with Crippen LogP contribution in [0.2, 0.25) is 0 Å². The lowest BCUT2D eigenvalue weighted by atomic mass is 10.1. The van der Waals surface area contributed by atoms with E-state index in [4.69, 9.17) is 0 Å². The minimum atomic E-state index is -0.533. The molecule has 0 atom stereocenters. The molecule has 3 heterocycles. The van der Waals surface area contributed by atoms with E-state index < -0.39 is 11.7 Å². The van der Waals surface area contributed by atoms with Crippen molar-refractivity contribution in [3.05, 3.63) is 83.6 Å². The summed E-state index contributed by atoms with van der Waals surface area (Å²) in [6.45, 7) is 1.79. The molecule has 170 valence electrons. The number of amides is 1. The van der Waals surface area contributed by atoms with Crippen molar-refractivity contribution in [1.82, 2.24) is 29.9 Å². The Morgan fingerprint density at radius 1 is 1.12 bits per heavy atom. The van der Waals surface area contributed by atoms with Gasteiger partial charge in [-0.15, -0.1) is 0 Å². The number of anilines is 3. The van der Waals surface area contributed by atoms with E-state index in [9.17, 15) is 9.18 Å². The standard InChI is InChI=1S/C24H21FN8O/c1-14-11-22(33(2)32-14)24(34)29-21-13-16(4-6-18(21)25)28-15-3-5-17-19(30-31-20(17)12-15)7-8-23-26-9-10-27-23/h3-13,28H,1-2H3,(H,26,27)(H,29,34)(H,30,31). The van der Waals surface area contributed by atoms with Crippen LogP contribution in [0.4, 0.5) is 21.5 Å². The fraction of sp³-hybridized carbons (Fsp3) is 0.0833. The maximum Gasteiger partial charge on any atom is 0.274 e. The molecule has 0 fully saturated rings. The minimum absolute atomic E-state index is 0.0711. The van der Waals surface area contributed by atoms with Gasteiger partial charge in [0, 0.05) is 36.2 Å². The second-order valence-electron chi connectivity index (χ2n) is 7.75. The number of nitrogens with one attached hydrogen (secondary N) is 4. The average Bonchev–Trinajstić information content (AvgIpc) is 3.54. The van der Waals surface area contributed by atoms with Crippen molar-refractivity contribution in [2.45, 2.75) is 6.92 Å². The molecule has 0 bridgehead atoms. The van der Waals surface area contributed by atoms with Crippen LogP contribution in [0, 0.1) is 12.7 Å². The number of nitrogens with zero attached hydrogens (tertiary/aromatic N) is 4. The van der Waals surface area contributed by atoms with Crippen LogP contribution in [-0.4, -0.2) is 35.9 Å². The second-order valence-corrected chi connectivity index (χ2v) is 7.75. The number of H-pyrrole nitrogens is 2. The number of imidazole rings is 1. The monoisotopic (exact) mass is 456 g/mol. The van der Waals surface area contributed by atoms with Crippen LogP contribution in [0.5, 0.6) is 0 Å². The minimum Gasteiger partial charge on any atom is -0.355 e. The Kier molecular flexibility index (Phi) is 5.38. The molecular weight excluding hydrogens is 435 g/mol. The van der Waals surface area contributed by atoms with Crippen LogP contribution >= 0.6 is 0 Å². The number of aromatic nitrogens is 6. The summed E-state index contributed by atoms with van der Waals surface area (Å²) in [4.78, 5) is 19.7. The normalized spacial score (nSPS) is 11.4. The summed E-state index contributed by atoms with van der Waals surface area (Å²) in [6, 6.07) is 11.9. The molecule has 5 rings (SSSR count). The lowest BCUT2D eigenvalue weighted by Gasteiger charge is -2.11. The van der Waals surface area contributed by atoms with E-state index in [2.05, 4.69) is 35.9 Å². The Labute approximate surface area is 193 Å². The third kappa shape index (κ3) is 4.29. The van der Waals surface area contributed by atoms with Gasteiger partial charge in [0.05, 0.1) is 22.6 Å². The molecule has 0 aliphatic heterocycles. The van der Waals surface area contributed by atoms with Gasteiger partial charge >= 0.3 is 0 Å². The first-order valence-corrected chi connectivity index (χ1v) is 10.5. The SMILES string of the molecule is Cc1cc(C(=O)Nc2cc(Nc3ccc4c(C=Cc5ncc[nH]5)n[nH]c4c3)ccc2F)n(C)n1. The number of aryl methyl sites for hydroxylation is 2. The Bertz CT molecular complexity index is 1510. The van der Waals surface area contributed by atoms with Gasteiger partial charge in [-0.1, -0.05) is 0 Å². The molecule has 4 N–H and O–H groups in total. The number of hydrogen-bond acceptors (Lipinski definition) is 5. The third-order valence-electron chi connectivity index (χ3n) is 5.25. The molecule has 0 aliphatic carbocycles. The molecule has 0 saturated heterocycles. The molecule has 5 aromatic rings. The zero-order valence-corrected chi connectivity index (χ0v) is 18.4. The first-order chi connectivity index (χ1) is 16.5. The molecular formula is C24H21FN8O. The van der Waals surface area contributed by atoms with Gasteiger partial charge in [-0.2, -0.15) is 10.2 Å². The van der Waals surface area contributed by atoms with Crippen LogP contribution in [0.25, 0.3) is 23.1 Å². The Hall–Kier alpha value is -4.73. The lowest BCUT2D eigenvalue weighted by Crippen LogP contribution is -2.17. The highest BCUT2D eigenvalue weighted by molar-refractivity contribution is 6.03. The highest BCUT2D eigenvalue weighted by Gasteiger charge is 2.15. The molecule has 34 heavy (non-hydrogen) atoms. The van der Waals surface area contributed by atoms with Crippen molar-refractivity contribution in [2.75, 3.05) is 10.6 Å². The molecule has 1 amide bonds. The predicted molar refractivity (Wildman–Crippen MR) is 129 cm³/mol. The quantitative estimate of drug-likeness (QED) is 0.297. The topological polar surface area (TPSA) is 116 Å². The summed E-state index contributed by atoms with van der Waals surface area (Å²) in [6.07, 6.45) is 7.17. The van der Waals surface area contributed by atoms with E-state index in [1.54, 1.807) is 44.6 Å². The maximum absolute atomic E-state index is 14.4. The van der Waals surface area contributed by atoms with Gasteiger partial charge in [-0.3, -0.25) is 14.6 Å². The summed E-state index contributed by atoms with van der Waals surface area (Å²) >= 11 is 0. The molecule has 9 nitrogen and oxygen atoms in total. The highest BCUT2D eigenvalue weighted by Crippen LogP contribution is 2.27. The largest absolute Gasteiger partial charge is 0.355 e. The summed E-state index contributed by atoms with van der Waals surface area (Å²) < 4.78 is 15.8. The smallest absolute Gasteiger partial charge is 0.274 e. The molecule has 0 spiro atoms. The van der Waals surface area contributed by atoms with Gasteiger partial charge in [0.2, 0.25) is 0 Å². The van der Waals surface area contributed by atoms with Gasteiger partial charge in [-0.05, 0) is 61.5 Å². The molecule has 0 radical (unpaired) electrons. The van der Waals surface area contributed by atoms with Gasteiger partial charge in [-0.25, -0.2) is 9.37 Å². The van der Waals surface area contributed by atoms with Gasteiger partial charge in [0.25, 0.3) is 5.91 Å². The zero-order chi connectivity index (χ0) is 23.7. The maximum atomic E-state index is 14.4. The first kappa shape index (κ1) is 21.1. The van der Waals surface area contributed by atoms with Crippen molar-refractivity contribution in [3.8, 4) is 0 Å². The molecule has 2 aromatic carbocycles. The van der Waals surface area contributed by atoms with Crippen LogP contribution in [0.3, 0.4) is 0 Å². The van der Waals surface area contributed by atoms with Gasteiger partial charge in [0.1, 0.15) is 17.3 Å². The molecule has 0 saturated carbocycles. The van der Waals surface area contributed by atoms with Crippen molar-refractivity contribution in [3.63, 3.8) is 0 Å². The van der Waals surface area contributed by atoms with Crippen molar-refractivity contribution in [1.29, 1.82) is 0 Å². The molecule has 0 unspecified atom stereocenters. The molecule has 3 aromatic heterocycles. The fourth-order valence-corrected chi connectivity index (χ4v) is 3.65. The van der Waals surface area contributed by atoms with Crippen LogP contribution in [-0.2, 0) is 7.05 Å². The highest BCUT2D eigenvalue weighted by atomic mass is 19.1. The second kappa shape index (κ2) is 8.66. The summed E-state index contributed by atoms with van der Waals surface area (Å²) in [7, 11) is 1.67. The lowest BCUT2D eigenvalue weighted by molar-refractivity contribution is 0.101.